The lowest BCUT2D eigenvalue weighted by molar-refractivity contribution is 0.0696. The third-order valence-corrected chi connectivity index (χ3v) is 3.10. The Kier molecular flexibility index (Phi) is 2.92. The Morgan fingerprint density at radius 2 is 2.24 bits per heavy atom. The summed E-state index contributed by atoms with van der Waals surface area (Å²) in [6.45, 7) is 1.92. The molecule has 2 rings (SSSR count). The lowest BCUT2D eigenvalue weighted by Crippen LogP contribution is -2.17. The fraction of sp³-hybridized carbons (Fsp3) is 0.417. The molecule has 0 heterocycles. The Labute approximate surface area is 98.8 Å². The van der Waals surface area contributed by atoms with Crippen molar-refractivity contribution in [2.75, 3.05) is 17.4 Å². The molecule has 0 aromatic heterocycles. The van der Waals surface area contributed by atoms with Crippen molar-refractivity contribution in [3.63, 3.8) is 0 Å². The Bertz CT molecular complexity index is 458. The van der Waals surface area contributed by atoms with Gasteiger partial charge in [0.25, 0.3) is 0 Å². The van der Waals surface area contributed by atoms with Crippen LogP contribution in [0.15, 0.2) is 12.1 Å². The van der Waals surface area contributed by atoms with E-state index in [4.69, 9.17) is 10.8 Å². The number of carboxylic acids is 1. The number of rotatable bonds is 4. The molecule has 17 heavy (non-hydrogen) atoms. The molecule has 1 fully saturated rings. The number of hydrogen-bond acceptors (Lipinski definition) is 3. The van der Waals surface area contributed by atoms with Gasteiger partial charge in [0.1, 0.15) is 0 Å². The first-order valence-corrected chi connectivity index (χ1v) is 5.56. The highest BCUT2D eigenvalue weighted by atomic mass is 19.2. The van der Waals surface area contributed by atoms with E-state index >= 15 is 0 Å². The Balaban J connectivity index is 2.28. The Hall–Kier alpha value is -1.78. The minimum atomic E-state index is -1.05. The van der Waals surface area contributed by atoms with Gasteiger partial charge in [0.15, 0.2) is 0 Å². The van der Waals surface area contributed by atoms with Crippen LogP contribution in [0, 0.1) is 12.8 Å². The third kappa shape index (κ3) is 2.33. The molecule has 1 aliphatic rings. The second-order valence-corrected chi connectivity index (χ2v) is 4.46. The van der Waals surface area contributed by atoms with Gasteiger partial charge in [-0.1, -0.05) is 4.48 Å². The van der Waals surface area contributed by atoms with Crippen LogP contribution in [0.3, 0.4) is 0 Å². The van der Waals surface area contributed by atoms with Crippen LogP contribution in [0.5, 0.6) is 0 Å². The summed E-state index contributed by atoms with van der Waals surface area (Å²) in [7, 11) is 0. The molecule has 92 valence electrons. The monoisotopic (exact) mass is 238 g/mol. The topological polar surface area (TPSA) is 66.6 Å². The zero-order valence-electron chi connectivity index (χ0n) is 9.61. The van der Waals surface area contributed by atoms with Gasteiger partial charge in [0.05, 0.1) is 23.5 Å². The smallest absolute Gasteiger partial charge is 0.336 e. The maximum Gasteiger partial charge on any atom is 0.336 e. The number of nitrogens with two attached hydrogens (primary N) is 1. The number of benzene rings is 1. The van der Waals surface area contributed by atoms with Crippen molar-refractivity contribution >= 4 is 17.3 Å². The molecule has 5 heteroatoms. The summed E-state index contributed by atoms with van der Waals surface area (Å²) < 4.78 is 13.8. The van der Waals surface area contributed by atoms with Crippen molar-refractivity contribution in [1.82, 2.24) is 0 Å². The van der Waals surface area contributed by atoms with Gasteiger partial charge >= 0.3 is 5.97 Å². The van der Waals surface area contributed by atoms with E-state index in [1.165, 1.54) is 12.1 Å². The molecule has 1 aromatic carbocycles. The van der Waals surface area contributed by atoms with E-state index in [-0.39, 0.29) is 16.9 Å². The first-order chi connectivity index (χ1) is 8.00. The summed E-state index contributed by atoms with van der Waals surface area (Å²) in [5.41, 5.74) is 6.77. The fourth-order valence-corrected chi connectivity index (χ4v) is 1.78. The van der Waals surface area contributed by atoms with Crippen LogP contribution < -0.4 is 10.9 Å². The highest BCUT2D eigenvalue weighted by Gasteiger charge is 2.26. The fourth-order valence-electron chi connectivity index (χ4n) is 1.78. The van der Waals surface area contributed by atoms with Crippen LogP contribution >= 0.6 is 0 Å². The quantitative estimate of drug-likeness (QED) is 0.624. The molecule has 1 aliphatic carbocycles. The molecule has 0 radical (unpaired) electrons. The predicted octanol–water partition coefficient (Wildman–Crippen LogP) is 2.38. The van der Waals surface area contributed by atoms with Crippen molar-refractivity contribution in [3.8, 4) is 0 Å². The number of carboxylic acid groups (broad SMARTS) is 1. The van der Waals surface area contributed by atoms with Crippen LogP contribution in [0.2, 0.25) is 0 Å². The number of nitrogen functional groups attached to an aromatic ring is 1. The van der Waals surface area contributed by atoms with Crippen LogP contribution in [0.1, 0.15) is 28.8 Å². The summed E-state index contributed by atoms with van der Waals surface area (Å²) in [6.07, 6.45) is 2.10. The van der Waals surface area contributed by atoms with Gasteiger partial charge < -0.3 is 10.8 Å². The van der Waals surface area contributed by atoms with Crippen molar-refractivity contribution in [2.24, 2.45) is 5.92 Å². The number of carbonyl (C=O) groups is 1. The van der Waals surface area contributed by atoms with Gasteiger partial charge in [-0.2, -0.15) is 0 Å². The second kappa shape index (κ2) is 4.24. The van der Waals surface area contributed by atoms with Crippen molar-refractivity contribution in [2.45, 2.75) is 19.8 Å². The number of nitrogens with zero attached hydrogens (tertiary/aromatic N) is 1. The minimum absolute atomic E-state index is 0.117. The highest BCUT2D eigenvalue weighted by molar-refractivity contribution is 5.93. The first-order valence-electron chi connectivity index (χ1n) is 5.56. The molecule has 0 saturated heterocycles. The molecule has 0 unspecified atom stereocenters. The molecule has 0 aliphatic heterocycles. The zero-order valence-corrected chi connectivity index (χ0v) is 9.61. The summed E-state index contributed by atoms with van der Waals surface area (Å²) in [5, 5.41) is 9.53. The molecular formula is C12H15FN2O2. The summed E-state index contributed by atoms with van der Waals surface area (Å²) >= 11 is 0. The van der Waals surface area contributed by atoms with Gasteiger partial charge in [-0.25, -0.2) is 9.92 Å². The summed E-state index contributed by atoms with van der Waals surface area (Å²) in [6, 6.07) is 2.82. The van der Waals surface area contributed by atoms with Crippen molar-refractivity contribution < 1.29 is 14.4 Å². The van der Waals surface area contributed by atoms with Gasteiger partial charge in [-0.05, 0) is 43.4 Å². The van der Waals surface area contributed by atoms with Gasteiger partial charge in [0, 0.05) is 0 Å². The van der Waals surface area contributed by atoms with Crippen LogP contribution in [-0.4, -0.2) is 17.6 Å². The number of anilines is 2. The molecule has 1 aromatic rings. The SMILES string of the molecule is Cc1c(C(=O)O)ccc(N(F)CC2CC2)c1N. The van der Waals surface area contributed by atoms with E-state index in [2.05, 4.69) is 0 Å². The van der Waals surface area contributed by atoms with Crippen LogP contribution in [-0.2, 0) is 0 Å². The Morgan fingerprint density at radius 1 is 1.59 bits per heavy atom. The first kappa shape index (κ1) is 11.7. The zero-order chi connectivity index (χ0) is 12.6. The molecule has 4 nitrogen and oxygen atoms in total. The van der Waals surface area contributed by atoms with Gasteiger partial charge in [-0.15, -0.1) is 0 Å². The molecular weight excluding hydrogens is 223 g/mol. The Morgan fingerprint density at radius 3 is 2.76 bits per heavy atom. The van der Waals surface area contributed by atoms with E-state index in [0.29, 0.717) is 23.1 Å². The van der Waals surface area contributed by atoms with Crippen molar-refractivity contribution in [1.29, 1.82) is 0 Å². The normalized spacial score (nSPS) is 14.7. The predicted molar refractivity (Wildman–Crippen MR) is 63.7 cm³/mol. The van der Waals surface area contributed by atoms with E-state index in [1.807, 2.05) is 0 Å². The molecule has 0 bridgehead atoms. The lowest BCUT2D eigenvalue weighted by atomic mass is 10.1. The van der Waals surface area contributed by atoms with Gasteiger partial charge in [0.2, 0.25) is 0 Å². The molecule has 0 spiro atoms. The van der Waals surface area contributed by atoms with E-state index < -0.39 is 5.97 Å². The molecule has 3 N–H and O–H groups in total. The number of halogens is 1. The number of aromatic carboxylic acids is 1. The highest BCUT2D eigenvalue weighted by Crippen LogP contribution is 2.35. The van der Waals surface area contributed by atoms with E-state index in [9.17, 15) is 9.28 Å². The second-order valence-electron chi connectivity index (χ2n) is 4.46. The molecule has 0 atom stereocenters. The van der Waals surface area contributed by atoms with Crippen LogP contribution in [0.25, 0.3) is 0 Å². The summed E-state index contributed by atoms with van der Waals surface area (Å²) in [5.74, 6) is -0.646. The molecule has 1 saturated carbocycles. The largest absolute Gasteiger partial charge is 0.478 e. The van der Waals surface area contributed by atoms with Crippen molar-refractivity contribution in [3.05, 3.63) is 23.3 Å². The van der Waals surface area contributed by atoms with E-state index in [1.54, 1.807) is 6.92 Å². The van der Waals surface area contributed by atoms with Crippen LogP contribution in [0.4, 0.5) is 15.9 Å². The summed E-state index contributed by atoms with van der Waals surface area (Å²) in [4.78, 5) is 10.9. The average molecular weight is 238 g/mol. The lowest BCUT2D eigenvalue weighted by Gasteiger charge is -2.17. The minimum Gasteiger partial charge on any atom is -0.478 e. The standard InChI is InChI=1S/C12H15FN2O2/c1-7-9(12(16)17)4-5-10(11(7)14)15(13)6-8-2-3-8/h4-5,8H,2-3,6,14H2,1H3,(H,16,17). The van der Waals surface area contributed by atoms with E-state index in [0.717, 1.165) is 12.8 Å². The third-order valence-electron chi connectivity index (χ3n) is 3.10. The number of hydrogen-bond donors (Lipinski definition) is 2. The molecule has 0 amide bonds. The maximum atomic E-state index is 13.8. The maximum absolute atomic E-state index is 13.8. The van der Waals surface area contributed by atoms with Gasteiger partial charge in [-0.3, -0.25) is 0 Å². The average Bonchev–Trinajstić information content (AvgIpc) is 3.05.